The molecule has 18 heavy (non-hydrogen) atoms. The lowest BCUT2D eigenvalue weighted by Crippen LogP contribution is -2.51. The first kappa shape index (κ1) is 13.8. The van der Waals surface area contributed by atoms with Crippen LogP contribution >= 0.6 is 0 Å². The molecule has 0 aromatic rings. The van der Waals surface area contributed by atoms with Crippen LogP contribution < -0.4 is 5.32 Å². The summed E-state index contributed by atoms with van der Waals surface area (Å²) in [6.45, 7) is 5.86. The predicted octanol–water partition coefficient (Wildman–Crippen LogP) is 1.26. The average Bonchev–Trinajstić information content (AvgIpc) is 3.20. The minimum Gasteiger partial charge on any atom is -0.468 e. The minimum atomic E-state index is -0.118. The zero-order chi connectivity index (χ0) is 13.0. The highest BCUT2D eigenvalue weighted by atomic mass is 16.5. The summed E-state index contributed by atoms with van der Waals surface area (Å²) in [4.78, 5) is 13.6. The van der Waals surface area contributed by atoms with Gasteiger partial charge < -0.3 is 10.1 Å². The van der Waals surface area contributed by atoms with E-state index in [0.717, 1.165) is 25.6 Å². The second-order valence-electron chi connectivity index (χ2n) is 5.83. The van der Waals surface area contributed by atoms with E-state index in [1.165, 1.54) is 32.8 Å². The van der Waals surface area contributed by atoms with Crippen LogP contribution in [0.25, 0.3) is 0 Å². The van der Waals surface area contributed by atoms with Gasteiger partial charge in [-0.05, 0) is 37.6 Å². The Kier molecular flexibility index (Phi) is 5.01. The maximum atomic E-state index is 11.4. The molecule has 2 aliphatic rings. The molecule has 4 nitrogen and oxygen atoms in total. The molecule has 1 aliphatic heterocycles. The van der Waals surface area contributed by atoms with Gasteiger partial charge in [0, 0.05) is 19.1 Å². The van der Waals surface area contributed by atoms with Gasteiger partial charge in [-0.2, -0.15) is 0 Å². The normalized spacial score (nSPS) is 29.2. The largest absolute Gasteiger partial charge is 0.468 e. The summed E-state index contributed by atoms with van der Waals surface area (Å²) in [5.74, 6) is 1.51. The lowest BCUT2D eigenvalue weighted by atomic mass is 9.92. The van der Waals surface area contributed by atoms with E-state index in [2.05, 4.69) is 17.1 Å². The van der Waals surface area contributed by atoms with Gasteiger partial charge in [0.1, 0.15) is 0 Å². The Labute approximate surface area is 110 Å². The van der Waals surface area contributed by atoms with E-state index in [9.17, 15) is 4.79 Å². The van der Waals surface area contributed by atoms with Crippen LogP contribution in [-0.4, -0.2) is 50.2 Å². The molecule has 1 N–H and O–H groups in total. The van der Waals surface area contributed by atoms with Crippen LogP contribution in [0.1, 0.15) is 32.6 Å². The molecular weight excluding hydrogens is 228 g/mol. The molecule has 4 heteroatoms. The third-order valence-corrected chi connectivity index (χ3v) is 4.16. The Bertz CT molecular complexity index is 279. The van der Waals surface area contributed by atoms with Crippen LogP contribution in [0.15, 0.2) is 0 Å². The Morgan fingerprint density at radius 2 is 2.11 bits per heavy atom. The van der Waals surface area contributed by atoms with Crippen LogP contribution in [-0.2, 0) is 9.53 Å². The van der Waals surface area contributed by atoms with Gasteiger partial charge in [0.15, 0.2) is 0 Å². The van der Waals surface area contributed by atoms with Crippen molar-refractivity contribution in [3.05, 3.63) is 0 Å². The molecule has 1 aliphatic carbocycles. The van der Waals surface area contributed by atoms with Crippen molar-refractivity contribution in [1.82, 2.24) is 10.2 Å². The fourth-order valence-corrected chi connectivity index (χ4v) is 2.78. The molecule has 0 bridgehead atoms. The molecule has 2 fully saturated rings. The van der Waals surface area contributed by atoms with Gasteiger partial charge in [0.2, 0.25) is 0 Å². The number of hydrogen-bond acceptors (Lipinski definition) is 4. The van der Waals surface area contributed by atoms with Gasteiger partial charge in [-0.3, -0.25) is 9.69 Å². The van der Waals surface area contributed by atoms with E-state index in [1.807, 2.05) is 0 Å². The second-order valence-corrected chi connectivity index (χ2v) is 5.83. The van der Waals surface area contributed by atoms with E-state index >= 15 is 0 Å². The highest BCUT2D eigenvalue weighted by molar-refractivity contribution is 5.71. The molecule has 2 atom stereocenters. The first-order valence-corrected chi connectivity index (χ1v) is 7.23. The summed E-state index contributed by atoms with van der Waals surface area (Å²) in [5, 5.41) is 3.68. The summed E-state index contributed by atoms with van der Waals surface area (Å²) in [7, 11) is 1.46. The number of methoxy groups -OCH3 is 1. The van der Waals surface area contributed by atoms with Crippen LogP contribution in [0.5, 0.6) is 0 Å². The molecule has 2 unspecified atom stereocenters. The number of hydrogen-bond donors (Lipinski definition) is 1. The Balaban J connectivity index is 1.79. The van der Waals surface area contributed by atoms with Crippen LogP contribution in [0, 0.1) is 11.8 Å². The van der Waals surface area contributed by atoms with Gasteiger partial charge >= 0.3 is 5.97 Å². The zero-order valence-corrected chi connectivity index (χ0v) is 11.7. The number of piperidine rings is 1. The van der Waals surface area contributed by atoms with Crippen molar-refractivity contribution in [2.75, 3.05) is 33.3 Å². The topological polar surface area (TPSA) is 41.6 Å². The Morgan fingerprint density at radius 1 is 1.33 bits per heavy atom. The Morgan fingerprint density at radius 3 is 2.72 bits per heavy atom. The average molecular weight is 254 g/mol. The smallest absolute Gasteiger partial charge is 0.319 e. The lowest BCUT2D eigenvalue weighted by Gasteiger charge is -2.37. The number of nitrogens with zero attached hydrogens (tertiary/aromatic N) is 1. The number of likely N-dealkylation sites (tertiary alicyclic amines) is 1. The van der Waals surface area contributed by atoms with Crippen LogP contribution in [0.3, 0.4) is 0 Å². The van der Waals surface area contributed by atoms with Crippen LogP contribution in [0.2, 0.25) is 0 Å². The third kappa shape index (κ3) is 4.25. The zero-order valence-electron chi connectivity index (χ0n) is 11.7. The van der Waals surface area contributed by atoms with Gasteiger partial charge in [-0.15, -0.1) is 0 Å². The van der Waals surface area contributed by atoms with Crippen molar-refractivity contribution >= 4 is 5.97 Å². The molecule has 2 rings (SSSR count). The molecule has 1 saturated heterocycles. The van der Waals surface area contributed by atoms with Gasteiger partial charge in [-0.1, -0.05) is 13.3 Å². The summed E-state index contributed by atoms with van der Waals surface area (Å²) >= 11 is 0. The van der Waals surface area contributed by atoms with Gasteiger partial charge in [0.05, 0.1) is 13.7 Å². The maximum Gasteiger partial charge on any atom is 0.319 e. The van der Waals surface area contributed by atoms with E-state index in [-0.39, 0.29) is 5.97 Å². The molecule has 0 spiro atoms. The number of ether oxygens (including phenoxy) is 1. The SMILES string of the molecule is CCC1CC(NCC2CC2)CN(CC(=O)OC)C1. The highest BCUT2D eigenvalue weighted by Gasteiger charge is 2.29. The Hall–Kier alpha value is -0.610. The van der Waals surface area contributed by atoms with Gasteiger partial charge in [-0.25, -0.2) is 0 Å². The fourth-order valence-electron chi connectivity index (χ4n) is 2.78. The van der Waals surface area contributed by atoms with Crippen molar-refractivity contribution in [2.24, 2.45) is 11.8 Å². The summed E-state index contributed by atoms with van der Waals surface area (Å²) in [6, 6.07) is 0.550. The molecular formula is C14H26N2O2. The van der Waals surface area contributed by atoms with Crippen molar-refractivity contribution < 1.29 is 9.53 Å². The third-order valence-electron chi connectivity index (χ3n) is 4.16. The van der Waals surface area contributed by atoms with Gasteiger partial charge in [0.25, 0.3) is 0 Å². The molecule has 104 valence electrons. The van der Waals surface area contributed by atoms with E-state index in [1.54, 1.807) is 0 Å². The maximum absolute atomic E-state index is 11.4. The number of esters is 1. The second kappa shape index (κ2) is 6.53. The first-order chi connectivity index (χ1) is 8.71. The van der Waals surface area contributed by atoms with Crippen molar-refractivity contribution in [1.29, 1.82) is 0 Å². The van der Waals surface area contributed by atoms with E-state index in [0.29, 0.717) is 18.5 Å². The monoisotopic (exact) mass is 254 g/mol. The van der Waals surface area contributed by atoms with Crippen molar-refractivity contribution in [3.8, 4) is 0 Å². The number of carbonyl (C=O) groups is 1. The van der Waals surface area contributed by atoms with E-state index < -0.39 is 0 Å². The van der Waals surface area contributed by atoms with Crippen molar-refractivity contribution in [3.63, 3.8) is 0 Å². The predicted molar refractivity (Wildman–Crippen MR) is 71.4 cm³/mol. The molecule has 0 radical (unpaired) electrons. The van der Waals surface area contributed by atoms with E-state index in [4.69, 9.17) is 4.74 Å². The van der Waals surface area contributed by atoms with Crippen LogP contribution in [0.4, 0.5) is 0 Å². The molecule has 1 saturated carbocycles. The molecule has 0 aromatic heterocycles. The lowest BCUT2D eigenvalue weighted by molar-refractivity contribution is -0.142. The summed E-state index contributed by atoms with van der Waals surface area (Å²) in [6.07, 6.45) is 5.23. The summed E-state index contributed by atoms with van der Waals surface area (Å²) in [5.41, 5.74) is 0. The standard InChI is InChI=1S/C14H26N2O2/c1-3-11-6-13(15-7-12-4-5-12)9-16(8-11)10-14(17)18-2/h11-13,15H,3-10H2,1-2H3. The minimum absolute atomic E-state index is 0.118. The quantitative estimate of drug-likeness (QED) is 0.725. The molecule has 0 aromatic carbocycles. The first-order valence-electron chi connectivity index (χ1n) is 7.23. The molecule has 0 amide bonds. The summed E-state index contributed by atoms with van der Waals surface area (Å²) < 4.78 is 4.76. The van der Waals surface area contributed by atoms with Crippen molar-refractivity contribution in [2.45, 2.75) is 38.6 Å². The number of rotatable bonds is 6. The number of carbonyl (C=O) groups excluding carboxylic acids is 1. The number of nitrogens with one attached hydrogen (secondary N) is 1. The molecule has 1 heterocycles. The highest BCUT2D eigenvalue weighted by Crippen LogP contribution is 2.28. The fraction of sp³-hybridized carbons (Fsp3) is 0.929.